The van der Waals surface area contributed by atoms with Gasteiger partial charge in [-0.2, -0.15) is 4.98 Å². The van der Waals surface area contributed by atoms with Crippen LogP contribution in [-0.2, 0) is 0 Å². The number of nitrogens with zero attached hydrogens (tertiary/aromatic N) is 2. The maximum atomic E-state index is 9.39. The van der Waals surface area contributed by atoms with Gasteiger partial charge in [0.15, 0.2) is 0 Å². The summed E-state index contributed by atoms with van der Waals surface area (Å²) in [5.41, 5.74) is 2.04. The van der Waals surface area contributed by atoms with Crippen LogP contribution < -0.4 is 10.6 Å². The minimum atomic E-state index is 0.264. The van der Waals surface area contributed by atoms with E-state index in [2.05, 4.69) is 15.6 Å². The van der Waals surface area contributed by atoms with Gasteiger partial charge in [0.1, 0.15) is 11.6 Å². The third-order valence-electron chi connectivity index (χ3n) is 4.57. The van der Waals surface area contributed by atoms with Gasteiger partial charge in [-0.05, 0) is 49.9 Å². The molecule has 5 heteroatoms. The molecule has 2 fully saturated rings. The summed E-state index contributed by atoms with van der Waals surface area (Å²) < 4.78 is 0. The Hall–Kier alpha value is -2.30. The molecule has 2 aromatic rings. The molecule has 0 unspecified atom stereocenters. The molecule has 3 N–H and O–H groups in total. The van der Waals surface area contributed by atoms with Gasteiger partial charge in [0, 0.05) is 23.7 Å². The third-order valence-corrected chi connectivity index (χ3v) is 4.57. The van der Waals surface area contributed by atoms with Crippen molar-refractivity contribution in [2.45, 2.75) is 50.5 Å². The van der Waals surface area contributed by atoms with Crippen molar-refractivity contribution in [3.8, 4) is 5.75 Å². The zero-order valence-corrected chi connectivity index (χ0v) is 13.1. The van der Waals surface area contributed by atoms with Crippen molar-refractivity contribution < 1.29 is 5.11 Å². The minimum absolute atomic E-state index is 0.264. The predicted octanol–water partition coefficient (Wildman–Crippen LogP) is 4.16. The molecule has 0 bridgehead atoms. The molecule has 2 saturated carbocycles. The van der Waals surface area contributed by atoms with Crippen molar-refractivity contribution in [1.29, 1.82) is 0 Å². The van der Waals surface area contributed by atoms with Crippen LogP contribution in [0.5, 0.6) is 5.75 Å². The molecule has 5 nitrogen and oxygen atoms in total. The van der Waals surface area contributed by atoms with Crippen LogP contribution in [0, 0.1) is 0 Å². The van der Waals surface area contributed by atoms with Crippen molar-refractivity contribution in [3.63, 3.8) is 0 Å². The SMILES string of the molecule is Oc1ccc(Nc2cc(C3CC3)nc(NC3CCCC3)n2)cc1. The number of phenols is 1. The Kier molecular flexibility index (Phi) is 3.77. The van der Waals surface area contributed by atoms with Crippen molar-refractivity contribution in [2.24, 2.45) is 0 Å². The van der Waals surface area contributed by atoms with Crippen molar-refractivity contribution in [1.82, 2.24) is 9.97 Å². The first-order valence-electron chi connectivity index (χ1n) is 8.48. The number of aromatic hydroxyl groups is 1. The zero-order valence-electron chi connectivity index (χ0n) is 13.1. The van der Waals surface area contributed by atoms with Gasteiger partial charge in [0.05, 0.1) is 5.69 Å². The normalized spacial score (nSPS) is 18.1. The minimum Gasteiger partial charge on any atom is -0.508 e. The maximum Gasteiger partial charge on any atom is 0.225 e. The van der Waals surface area contributed by atoms with E-state index in [-0.39, 0.29) is 5.75 Å². The van der Waals surface area contributed by atoms with Crippen LogP contribution >= 0.6 is 0 Å². The summed E-state index contributed by atoms with van der Waals surface area (Å²) in [5.74, 6) is 2.40. The number of aromatic nitrogens is 2. The number of nitrogens with one attached hydrogen (secondary N) is 2. The largest absolute Gasteiger partial charge is 0.508 e. The van der Waals surface area contributed by atoms with Crippen molar-refractivity contribution in [3.05, 3.63) is 36.0 Å². The van der Waals surface area contributed by atoms with Gasteiger partial charge in [0.2, 0.25) is 5.95 Å². The molecule has 1 aromatic heterocycles. The van der Waals surface area contributed by atoms with E-state index in [1.165, 1.54) is 38.5 Å². The molecule has 0 aliphatic heterocycles. The maximum absolute atomic E-state index is 9.39. The highest BCUT2D eigenvalue weighted by molar-refractivity contribution is 5.58. The van der Waals surface area contributed by atoms with Gasteiger partial charge in [-0.3, -0.25) is 0 Å². The lowest BCUT2D eigenvalue weighted by molar-refractivity contribution is 0.475. The number of rotatable bonds is 5. The van der Waals surface area contributed by atoms with Crippen LogP contribution in [0.15, 0.2) is 30.3 Å². The summed E-state index contributed by atoms with van der Waals surface area (Å²) in [5, 5.41) is 16.2. The van der Waals surface area contributed by atoms with Gasteiger partial charge in [-0.25, -0.2) is 4.98 Å². The van der Waals surface area contributed by atoms with Gasteiger partial charge in [-0.15, -0.1) is 0 Å². The van der Waals surface area contributed by atoms with Crippen LogP contribution in [0.3, 0.4) is 0 Å². The zero-order chi connectivity index (χ0) is 15.6. The molecule has 2 aliphatic rings. The van der Waals surface area contributed by atoms with Crippen LogP contribution in [0.25, 0.3) is 0 Å². The van der Waals surface area contributed by atoms with Crippen LogP contribution in [0.2, 0.25) is 0 Å². The fourth-order valence-corrected chi connectivity index (χ4v) is 3.13. The lowest BCUT2D eigenvalue weighted by Gasteiger charge is -2.14. The Morgan fingerprint density at radius 3 is 2.39 bits per heavy atom. The fourth-order valence-electron chi connectivity index (χ4n) is 3.13. The molecule has 1 heterocycles. The van der Waals surface area contributed by atoms with Gasteiger partial charge in [0.25, 0.3) is 0 Å². The summed E-state index contributed by atoms with van der Waals surface area (Å²) >= 11 is 0. The average molecular weight is 310 g/mol. The molecule has 0 atom stereocenters. The molecule has 2 aliphatic carbocycles. The molecule has 0 amide bonds. The quantitative estimate of drug-likeness (QED) is 0.723. The van der Waals surface area contributed by atoms with E-state index in [9.17, 15) is 5.11 Å². The van der Waals surface area contributed by atoms with Crippen molar-refractivity contribution in [2.75, 3.05) is 10.6 Å². The smallest absolute Gasteiger partial charge is 0.225 e. The summed E-state index contributed by atoms with van der Waals surface area (Å²) in [7, 11) is 0. The van der Waals surface area contributed by atoms with Crippen LogP contribution in [0.1, 0.15) is 50.1 Å². The Labute approximate surface area is 136 Å². The van der Waals surface area contributed by atoms with E-state index >= 15 is 0 Å². The van der Waals surface area contributed by atoms with E-state index in [1.807, 2.05) is 18.2 Å². The van der Waals surface area contributed by atoms with Crippen LogP contribution in [-0.4, -0.2) is 21.1 Å². The second kappa shape index (κ2) is 6.07. The molecule has 0 spiro atoms. The van der Waals surface area contributed by atoms with Gasteiger partial charge >= 0.3 is 0 Å². The number of benzene rings is 1. The van der Waals surface area contributed by atoms with E-state index in [4.69, 9.17) is 4.98 Å². The number of hydrogen-bond donors (Lipinski definition) is 3. The highest BCUT2D eigenvalue weighted by atomic mass is 16.3. The van der Waals surface area contributed by atoms with E-state index in [0.717, 1.165) is 23.1 Å². The van der Waals surface area contributed by atoms with E-state index < -0.39 is 0 Å². The molecular formula is C18H22N4O. The average Bonchev–Trinajstić information content (AvgIpc) is 3.28. The Bertz CT molecular complexity index is 676. The predicted molar refractivity (Wildman–Crippen MR) is 91.3 cm³/mol. The Balaban J connectivity index is 1.56. The number of phenolic OH excluding ortho intramolecular Hbond substituents is 1. The first kappa shape index (κ1) is 14.3. The highest BCUT2D eigenvalue weighted by Crippen LogP contribution is 2.40. The summed E-state index contributed by atoms with van der Waals surface area (Å²) in [4.78, 5) is 9.34. The first-order chi connectivity index (χ1) is 11.3. The third kappa shape index (κ3) is 3.55. The molecule has 0 saturated heterocycles. The van der Waals surface area contributed by atoms with Crippen LogP contribution in [0.4, 0.5) is 17.5 Å². The standard InChI is InChI=1S/C18H22N4O/c23-15-9-7-14(8-10-15)19-17-11-16(12-5-6-12)21-18(22-17)20-13-3-1-2-4-13/h7-13,23H,1-6H2,(H2,19,20,21,22). The molecule has 23 heavy (non-hydrogen) atoms. The second-order valence-electron chi connectivity index (χ2n) is 6.57. The summed E-state index contributed by atoms with van der Waals surface area (Å²) in [6.07, 6.45) is 7.43. The van der Waals surface area contributed by atoms with Gasteiger partial charge in [-0.1, -0.05) is 12.8 Å². The molecule has 1 aromatic carbocycles. The highest BCUT2D eigenvalue weighted by Gasteiger charge is 2.26. The monoisotopic (exact) mass is 310 g/mol. The van der Waals surface area contributed by atoms with E-state index in [1.54, 1.807) is 12.1 Å². The van der Waals surface area contributed by atoms with E-state index in [0.29, 0.717) is 12.0 Å². The topological polar surface area (TPSA) is 70.1 Å². The summed E-state index contributed by atoms with van der Waals surface area (Å²) in [6.45, 7) is 0. The summed E-state index contributed by atoms with van der Waals surface area (Å²) in [6, 6.07) is 9.58. The first-order valence-corrected chi connectivity index (χ1v) is 8.48. The fraction of sp³-hybridized carbons (Fsp3) is 0.444. The molecule has 4 rings (SSSR count). The molecular weight excluding hydrogens is 288 g/mol. The Morgan fingerprint density at radius 2 is 1.70 bits per heavy atom. The Morgan fingerprint density at radius 1 is 0.957 bits per heavy atom. The van der Waals surface area contributed by atoms with Crippen molar-refractivity contribution >= 4 is 17.5 Å². The van der Waals surface area contributed by atoms with Gasteiger partial charge < -0.3 is 15.7 Å². The molecule has 120 valence electrons. The molecule has 0 radical (unpaired) electrons. The number of hydrogen-bond acceptors (Lipinski definition) is 5. The number of anilines is 3. The lowest BCUT2D eigenvalue weighted by Crippen LogP contribution is -2.17. The second-order valence-corrected chi connectivity index (χ2v) is 6.57. The lowest BCUT2D eigenvalue weighted by atomic mass is 10.2.